The molecule has 0 radical (unpaired) electrons. The fourth-order valence-corrected chi connectivity index (χ4v) is 3.27. The third-order valence-electron chi connectivity index (χ3n) is 2.76. The Morgan fingerprint density at radius 2 is 2.27 bits per heavy atom. The number of aryl methyl sites for hydroxylation is 1. The summed E-state index contributed by atoms with van der Waals surface area (Å²) in [6, 6.07) is 1.61. The maximum atomic E-state index is 11.9. The Bertz CT molecular complexity index is 748. The summed E-state index contributed by atoms with van der Waals surface area (Å²) in [6.07, 6.45) is 4.40. The average molecular weight is 334 g/mol. The van der Waals surface area contributed by atoms with Gasteiger partial charge in [0.05, 0.1) is 11.9 Å². The maximum Gasteiger partial charge on any atom is 0.325 e. The fourth-order valence-electron chi connectivity index (χ4n) is 1.82. The number of anilines is 2. The van der Waals surface area contributed by atoms with E-state index in [-0.39, 0.29) is 6.03 Å². The van der Waals surface area contributed by atoms with Crippen LogP contribution in [-0.2, 0) is 6.54 Å². The normalized spacial score (nSPS) is 10.6. The van der Waals surface area contributed by atoms with Gasteiger partial charge in [-0.2, -0.15) is 16.4 Å². The minimum Gasteiger partial charge on any atom is -0.305 e. The van der Waals surface area contributed by atoms with Crippen molar-refractivity contribution in [2.24, 2.45) is 0 Å². The van der Waals surface area contributed by atoms with Gasteiger partial charge in [0.1, 0.15) is 5.01 Å². The van der Waals surface area contributed by atoms with Crippen molar-refractivity contribution in [2.45, 2.75) is 19.9 Å². The van der Waals surface area contributed by atoms with E-state index in [0.29, 0.717) is 10.8 Å². The van der Waals surface area contributed by atoms with Gasteiger partial charge in [0.15, 0.2) is 0 Å². The topological polar surface area (TPSA) is 84.7 Å². The molecule has 3 heterocycles. The van der Waals surface area contributed by atoms with Gasteiger partial charge < -0.3 is 5.32 Å². The van der Waals surface area contributed by atoms with Gasteiger partial charge in [-0.1, -0.05) is 18.3 Å². The summed E-state index contributed by atoms with van der Waals surface area (Å²) >= 11 is 2.93. The zero-order valence-electron chi connectivity index (χ0n) is 11.8. The second kappa shape index (κ2) is 6.67. The predicted octanol–water partition coefficient (Wildman–Crippen LogP) is 3.52. The van der Waals surface area contributed by atoms with Crippen molar-refractivity contribution in [3.63, 3.8) is 0 Å². The molecule has 0 bridgehead atoms. The first-order valence-electron chi connectivity index (χ1n) is 6.71. The second-order valence-electron chi connectivity index (χ2n) is 4.50. The van der Waals surface area contributed by atoms with Gasteiger partial charge in [-0.15, -0.1) is 10.2 Å². The molecule has 3 aromatic rings. The third kappa shape index (κ3) is 3.49. The molecule has 0 unspecified atom stereocenters. The van der Waals surface area contributed by atoms with E-state index < -0.39 is 0 Å². The molecule has 0 fully saturated rings. The molecule has 0 atom stereocenters. The molecule has 2 N–H and O–H groups in total. The standard InChI is InChI=1S/C13H14N6OS2/c1-2-4-19-7-10(6-14-19)15-12(20)16-13-18-17-11(22-13)9-3-5-21-8-9/h3,5-8H,2,4H2,1H3,(H2,15,16,18,20). The predicted molar refractivity (Wildman–Crippen MR) is 88.4 cm³/mol. The second-order valence-corrected chi connectivity index (χ2v) is 6.25. The summed E-state index contributed by atoms with van der Waals surface area (Å²) in [6.45, 7) is 2.89. The fraction of sp³-hybridized carbons (Fsp3) is 0.231. The van der Waals surface area contributed by atoms with E-state index >= 15 is 0 Å². The van der Waals surface area contributed by atoms with E-state index in [1.54, 1.807) is 28.4 Å². The van der Waals surface area contributed by atoms with E-state index in [9.17, 15) is 4.79 Å². The van der Waals surface area contributed by atoms with Crippen molar-refractivity contribution in [3.8, 4) is 10.6 Å². The molecule has 0 aromatic carbocycles. The van der Waals surface area contributed by atoms with Crippen LogP contribution in [0.1, 0.15) is 13.3 Å². The van der Waals surface area contributed by atoms with E-state index in [2.05, 4.69) is 32.9 Å². The number of urea groups is 1. The molecule has 0 saturated carbocycles. The number of nitrogens with zero attached hydrogens (tertiary/aromatic N) is 4. The lowest BCUT2D eigenvalue weighted by Gasteiger charge is -2.01. The summed E-state index contributed by atoms with van der Waals surface area (Å²) in [7, 11) is 0. The first-order chi connectivity index (χ1) is 10.7. The molecule has 0 spiro atoms. The number of carbonyl (C=O) groups excluding carboxylic acids is 1. The Labute approximate surface area is 135 Å². The van der Waals surface area contributed by atoms with Crippen molar-refractivity contribution >= 4 is 39.5 Å². The first-order valence-corrected chi connectivity index (χ1v) is 8.47. The largest absolute Gasteiger partial charge is 0.325 e. The molecule has 3 aromatic heterocycles. The quantitative estimate of drug-likeness (QED) is 0.747. The van der Waals surface area contributed by atoms with Gasteiger partial charge in [-0.05, 0) is 17.9 Å². The van der Waals surface area contributed by atoms with Crippen LogP contribution in [0.4, 0.5) is 15.6 Å². The third-order valence-corrected chi connectivity index (χ3v) is 4.33. The summed E-state index contributed by atoms with van der Waals surface area (Å²) in [5.74, 6) is 0. The summed E-state index contributed by atoms with van der Waals surface area (Å²) < 4.78 is 1.79. The molecule has 0 saturated heterocycles. The zero-order valence-corrected chi connectivity index (χ0v) is 13.4. The highest BCUT2D eigenvalue weighted by atomic mass is 32.1. The van der Waals surface area contributed by atoms with Crippen LogP contribution in [-0.4, -0.2) is 26.0 Å². The van der Waals surface area contributed by atoms with E-state index in [1.807, 2.05) is 16.8 Å². The van der Waals surface area contributed by atoms with E-state index in [0.717, 1.165) is 23.5 Å². The van der Waals surface area contributed by atoms with Crippen LogP contribution in [0, 0.1) is 0 Å². The van der Waals surface area contributed by atoms with Gasteiger partial charge in [0, 0.05) is 23.7 Å². The Hall–Kier alpha value is -2.26. The molecule has 0 aliphatic carbocycles. The molecular formula is C13H14N6OS2. The van der Waals surface area contributed by atoms with Crippen LogP contribution < -0.4 is 10.6 Å². The number of nitrogens with one attached hydrogen (secondary N) is 2. The van der Waals surface area contributed by atoms with Crippen molar-refractivity contribution in [1.82, 2.24) is 20.0 Å². The molecule has 2 amide bonds. The van der Waals surface area contributed by atoms with Gasteiger partial charge in [0.25, 0.3) is 0 Å². The molecule has 22 heavy (non-hydrogen) atoms. The lowest BCUT2D eigenvalue weighted by Crippen LogP contribution is -2.19. The van der Waals surface area contributed by atoms with Crippen LogP contribution >= 0.6 is 22.7 Å². The summed E-state index contributed by atoms with van der Waals surface area (Å²) in [4.78, 5) is 11.9. The molecule has 114 valence electrons. The Morgan fingerprint density at radius 3 is 3.05 bits per heavy atom. The van der Waals surface area contributed by atoms with Crippen LogP contribution in [0.25, 0.3) is 10.6 Å². The van der Waals surface area contributed by atoms with Crippen LogP contribution in [0.2, 0.25) is 0 Å². The van der Waals surface area contributed by atoms with E-state index in [4.69, 9.17) is 0 Å². The molecule has 9 heteroatoms. The monoisotopic (exact) mass is 334 g/mol. The van der Waals surface area contributed by atoms with Gasteiger partial charge in [0.2, 0.25) is 5.13 Å². The first kappa shape index (κ1) is 14.7. The minimum atomic E-state index is -0.357. The number of aromatic nitrogens is 4. The average Bonchev–Trinajstić information content (AvgIpc) is 3.20. The highest BCUT2D eigenvalue weighted by Gasteiger charge is 2.10. The van der Waals surface area contributed by atoms with Crippen molar-refractivity contribution in [3.05, 3.63) is 29.2 Å². The molecule has 0 aliphatic heterocycles. The van der Waals surface area contributed by atoms with Crippen molar-refractivity contribution in [2.75, 3.05) is 10.6 Å². The number of carbonyl (C=O) groups is 1. The van der Waals surface area contributed by atoms with Gasteiger partial charge in [-0.3, -0.25) is 10.00 Å². The highest BCUT2D eigenvalue weighted by molar-refractivity contribution is 7.19. The van der Waals surface area contributed by atoms with Crippen LogP contribution in [0.15, 0.2) is 29.2 Å². The Morgan fingerprint density at radius 1 is 1.36 bits per heavy atom. The van der Waals surface area contributed by atoms with Crippen LogP contribution in [0.5, 0.6) is 0 Å². The smallest absolute Gasteiger partial charge is 0.305 e. The molecular weight excluding hydrogens is 320 g/mol. The minimum absolute atomic E-state index is 0.357. The van der Waals surface area contributed by atoms with E-state index in [1.165, 1.54) is 11.3 Å². The lowest BCUT2D eigenvalue weighted by atomic mass is 10.4. The molecule has 0 aliphatic rings. The van der Waals surface area contributed by atoms with Crippen LogP contribution in [0.3, 0.4) is 0 Å². The maximum absolute atomic E-state index is 11.9. The van der Waals surface area contributed by atoms with Crippen molar-refractivity contribution < 1.29 is 4.79 Å². The highest BCUT2D eigenvalue weighted by Crippen LogP contribution is 2.27. The zero-order chi connectivity index (χ0) is 15.4. The summed E-state index contributed by atoms with van der Waals surface area (Å²) in [5.41, 5.74) is 1.66. The SMILES string of the molecule is CCCn1cc(NC(=O)Nc2nnc(-c3ccsc3)s2)cn1. The number of hydrogen-bond acceptors (Lipinski definition) is 6. The van der Waals surface area contributed by atoms with Gasteiger partial charge in [-0.25, -0.2) is 4.79 Å². The van der Waals surface area contributed by atoms with Gasteiger partial charge >= 0.3 is 6.03 Å². The van der Waals surface area contributed by atoms with Crippen molar-refractivity contribution in [1.29, 1.82) is 0 Å². The molecule has 3 rings (SSSR count). The number of thiophene rings is 1. The summed E-state index contributed by atoms with van der Waals surface area (Å²) in [5, 5.41) is 22.8. The number of hydrogen-bond donors (Lipinski definition) is 2. The molecule has 7 nitrogen and oxygen atoms in total. The number of rotatable bonds is 5. The Kier molecular flexibility index (Phi) is 4.45. The lowest BCUT2D eigenvalue weighted by molar-refractivity contribution is 0.262. The Balaban J connectivity index is 1.59. The number of amides is 2.